The number of fused-ring (bicyclic) bond motifs is 1. The molecule has 7 nitrogen and oxygen atoms in total. The number of hydrogen-bond acceptors (Lipinski definition) is 5. The van der Waals surface area contributed by atoms with Gasteiger partial charge in [0.05, 0.1) is 23.6 Å². The summed E-state index contributed by atoms with van der Waals surface area (Å²) in [6.07, 6.45) is 1.14. The van der Waals surface area contributed by atoms with E-state index in [9.17, 15) is 14.4 Å². The van der Waals surface area contributed by atoms with E-state index in [0.29, 0.717) is 30.1 Å². The fourth-order valence-corrected chi connectivity index (χ4v) is 4.95. The van der Waals surface area contributed by atoms with Gasteiger partial charge in [-0.2, -0.15) is 0 Å². The van der Waals surface area contributed by atoms with Crippen LogP contribution in [0.15, 0.2) is 47.4 Å². The standard InChI is InChI=1S/C23H25N3O4S/c1-14(2)24-22(28)21-20(16-6-4-5-7-18(16)31-21)17-13-26(10-11-30-17)23(29)15-8-9-19(27)25(3)12-15/h4-9,12,14,17H,10-11,13H2,1-3H3,(H,24,28)/t17-/m1/s1. The summed E-state index contributed by atoms with van der Waals surface area (Å²) < 4.78 is 8.47. The highest BCUT2D eigenvalue weighted by Crippen LogP contribution is 2.38. The predicted molar refractivity (Wildman–Crippen MR) is 121 cm³/mol. The maximum Gasteiger partial charge on any atom is 0.261 e. The van der Waals surface area contributed by atoms with Crippen molar-refractivity contribution in [3.63, 3.8) is 0 Å². The number of carbonyl (C=O) groups is 2. The van der Waals surface area contributed by atoms with Gasteiger partial charge in [-0.1, -0.05) is 18.2 Å². The molecule has 0 bridgehead atoms. The molecule has 1 aromatic carbocycles. The van der Waals surface area contributed by atoms with E-state index >= 15 is 0 Å². The number of aryl methyl sites for hydroxylation is 1. The van der Waals surface area contributed by atoms with Gasteiger partial charge in [0.2, 0.25) is 5.56 Å². The Labute approximate surface area is 184 Å². The number of carbonyl (C=O) groups excluding carboxylic acids is 2. The SMILES string of the molecule is CC(C)NC(=O)c1sc2ccccc2c1[C@H]1CN(C(=O)c2ccc(=O)n(C)c2)CCO1. The molecular weight excluding hydrogens is 414 g/mol. The minimum absolute atomic E-state index is 0.0145. The van der Waals surface area contributed by atoms with E-state index in [0.717, 1.165) is 15.6 Å². The van der Waals surface area contributed by atoms with E-state index in [-0.39, 0.29) is 23.4 Å². The third-order valence-corrected chi connectivity index (χ3v) is 6.45. The lowest BCUT2D eigenvalue weighted by atomic mass is 10.0. The summed E-state index contributed by atoms with van der Waals surface area (Å²) in [5, 5.41) is 3.95. The molecule has 1 N–H and O–H groups in total. The molecule has 0 spiro atoms. The number of ether oxygens (including phenoxy) is 1. The van der Waals surface area contributed by atoms with Gasteiger partial charge in [-0.15, -0.1) is 11.3 Å². The number of nitrogens with zero attached hydrogens (tertiary/aromatic N) is 2. The zero-order chi connectivity index (χ0) is 22.1. The summed E-state index contributed by atoms with van der Waals surface area (Å²) in [6.45, 7) is 5.01. The van der Waals surface area contributed by atoms with E-state index < -0.39 is 6.10 Å². The lowest BCUT2D eigenvalue weighted by molar-refractivity contribution is -0.0222. The van der Waals surface area contributed by atoms with Crippen LogP contribution in [-0.4, -0.2) is 47.0 Å². The minimum Gasteiger partial charge on any atom is -0.370 e. The van der Waals surface area contributed by atoms with E-state index in [1.165, 1.54) is 22.0 Å². The normalized spacial score (nSPS) is 16.6. The van der Waals surface area contributed by atoms with Crippen molar-refractivity contribution in [2.75, 3.05) is 19.7 Å². The number of aromatic nitrogens is 1. The van der Waals surface area contributed by atoms with Gasteiger partial charge in [0.1, 0.15) is 6.10 Å². The van der Waals surface area contributed by atoms with Crippen molar-refractivity contribution < 1.29 is 14.3 Å². The Morgan fingerprint density at radius 2 is 1.97 bits per heavy atom. The lowest BCUT2D eigenvalue weighted by Crippen LogP contribution is -2.43. The molecule has 0 saturated carbocycles. The number of nitrogens with one attached hydrogen (secondary N) is 1. The van der Waals surface area contributed by atoms with E-state index in [1.807, 2.05) is 38.1 Å². The van der Waals surface area contributed by atoms with Crippen molar-refractivity contribution in [2.45, 2.75) is 26.0 Å². The molecule has 31 heavy (non-hydrogen) atoms. The second-order valence-corrected chi connectivity index (χ2v) is 9.00. The molecule has 4 rings (SSSR count). The Balaban J connectivity index is 1.67. The highest BCUT2D eigenvalue weighted by Gasteiger charge is 2.32. The largest absolute Gasteiger partial charge is 0.370 e. The summed E-state index contributed by atoms with van der Waals surface area (Å²) in [4.78, 5) is 40.0. The molecule has 0 aliphatic carbocycles. The van der Waals surface area contributed by atoms with Crippen molar-refractivity contribution in [2.24, 2.45) is 7.05 Å². The number of rotatable bonds is 4. The number of thiophene rings is 1. The summed E-state index contributed by atoms with van der Waals surface area (Å²) >= 11 is 1.44. The van der Waals surface area contributed by atoms with Gasteiger partial charge in [-0.05, 0) is 31.4 Å². The van der Waals surface area contributed by atoms with Gasteiger partial charge in [-0.25, -0.2) is 0 Å². The van der Waals surface area contributed by atoms with Gasteiger partial charge >= 0.3 is 0 Å². The van der Waals surface area contributed by atoms with Gasteiger partial charge in [0.15, 0.2) is 0 Å². The van der Waals surface area contributed by atoms with Crippen LogP contribution in [0.25, 0.3) is 10.1 Å². The Hall–Kier alpha value is -2.97. The van der Waals surface area contributed by atoms with Gasteiger partial charge in [0, 0.05) is 42.2 Å². The zero-order valence-corrected chi connectivity index (χ0v) is 18.6. The monoisotopic (exact) mass is 439 g/mol. The first-order chi connectivity index (χ1) is 14.8. The summed E-state index contributed by atoms with van der Waals surface area (Å²) in [5.74, 6) is -0.284. The Bertz CT molecular complexity index is 1200. The highest BCUT2D eigenvalue weighted by molar-refractivity contribution is 7.21. The van der Waals surface area contributed by atoms with E-state index in [4.69, 9.17) is 4.74 Å². The Morgan fingerprint density at radius 1 is 1.19 bits per heavy atom. The molecule has 0 unspecified atom stereocenters. The van der Waals surface area contributed by atoms with Crippen molar-refractivity contribution in [1.82, 2.24) is 14.8 Å². The molecule has 1 atom stereocenters. The Kier molecular flexibility index (Phi) is 5.93. The van der Waals surface area contributed by atoms with Crippen LogP contribution < -0.4 is 10.9 Å². The van der Waals surface area contributed by atoms with E-state index in [2.05, 4.69) is 5.32 Å². The molecule has 162 valence electrons. The number of morpholine rings is 1. The minimum atomic E-state index is -0.408. The van der Waals surface area contributed by atoms with Crippen molar-refractivity contribution in [1.29, 1.82) is 0 Å². The first-order valence-electron chi connectivity index (χ1n) is 10.2. The topological polar surface area (TPSA) is 80.6 Å². The number of pyridine rings is 1. The summed E-state index contributed by atoms with van der Waals surface area (Å²) in [6, 6.07) is 10.8. The zero-order valence-electron chi connectivity index (χ0n) is 17.8. The molecule has 3 heterocycles. The maximum absolute atomic E-state index is 13.1. The summed E-state index contributed by atoms with van der Waals surface area (Å²) in [7, 11) is 1.62. The van der Waals surface area contributed by atoms with Crippen LogP contribution >= 0.6 is 11.3 Å². The lowest BCUT2D eigenvalue weighted by Gasteiger charge is -2.33. The molecule has 1 saturated heterocycles. The fraction of sp³-hybridized carbons (Fsp3) is 0.348. The van der Waals surface area contributed by atoms with Crippen molar-refractivity contribution in [3.05, 3.63) is 69.0 Å². The first kappa shape index (κ1) is 21.3. The maximum atomic E-state index is 13.1. The average molecular weight is 440 g/mol. The van der Waals surface area contributed by atoms with Crippen molar-refractivity contribution in [3.8, 4) is 0 Å². The first-order valence-corrected chi connectivity index (χ1v) is 11.1. The average Bonchev–Trinajstić information content (AvgIpc) is 3.14. The number of benzene rings is 1. The molecular formula is C23H25N3O4S. The van der Waals surface area contributed by atoms with Crippen molar-refractivity contribution >= 4 is 33.2 Å². The molecule has 1 fully saturated rings. The van der Waals surface area contributed by atoms with Crippen LogP contribution in [0.5, 0.6) is 0 Å². The van der Waals surface area contributed by atoms with Crippen LogP contribution in [0, 0.1) is 0 Å². The summed E-state index contributed by atoms with van der Waals surface area (Å²) in [5.41, 5.74) is 1.12. The van der Waals surface area contributed by atoms with Crippen LogP contribution in [0.3, 0.4) is 0 Å². The quantitative estimate of drug-likeness (QED) is 0.678. The van der Waals surface area contributed by atoms with Gasteiger partial charge in [-0.3, -0.25) is 14.4 Å². The third-order valence-electron chi connectivity index (χ3n) is 5.27. The van der Waals surface area contributed by atoms with Crippen LogP contribution in [0.4, 0.5) is 0 Å². The molecule has 2 amide bonds. The van der Waals surface area contributed by atoms with Gasteiger partial charge in [0.25, 0.3) is 11.8 Å². The third kappa shape index (κ3) is 4.26. The highest BCUT2D eigenvalue weighted by atomic mass is 32.1. The Morgan fingerprint density at radius 3 is 2.71 bits per heavy atom. The fourth-order valence-electron chi connectivity index (χ4n) is 3.79. The van der Waals surface area contributed by atoms with E-state index in [1.54, 1.807) is 24.2 Å². The predicted octanol–water partition coefficient (Wildman–Crippen LogP) is 2.95. The molecule has 2 aromatic heterocycles. The molecule has 1 aliphatic rings. The van der Waals surface area contributed by atoms with Gasteiger partial charge < -0.3 is 19.5 Å². The second-order valence-electron chi connectivity index (χ2n) is 7.95. The van der Waals surface area contributed by atoms with Crippen LogP contribution in [0.1, 0.15) is 45.5 Å². The number of amides is 2. The smallest absolute Gasteiger partial charge is 0.261 e. The number of hydrogen-bond donors (Lipinski definition) is 1. The van der Waals surface area contributed by atoms with Crippen LogP contribution in [-0.2, 0) is 11.8 Å². The molecule has 1 aliphatic heterocycles. The molecule has 0 radical (unpaired) electrons. The second kappa shape index (κ2) is 8.64. The molecule has 8 heteroatoms. The molecule has 3 aromatic rings. The van der Waals surface area contributed by atoms with Crippen LogP contribution in [0.2, 0.25) is 0 Å².